The molecule has 0 radical (unpaired) electrons. The van der Waals surface area contributed by atoms with Crippen LogP contribution in [0.3, 0.4) is 0 Å². The molecule has 4 heteroatoms. The van der Waals surface area contributed by atoms with Crippen LogP contribution in [-0.2, 0) is 0 Å². The molecule has 19 heavy (non-hydrogen) atoms. The molecule has 0 saturated heterocycles. The Kier molecular flexibility index (Phi) is 4.07. The first kappa shape index (κ1) is 13.4. The molecule has 1 N–H and O–H groups in total. The summed E-state index contributed by atoms with van der Waals surface area (Å²) in [5.74, 6) is -0.806. The van der Waals surface area contributed by atoms with Crippen molar-refractivity contribution in [2.75, 3.05) is 0 Å². The van der Waals surface area contributed by atoms with E-state index in [2.05, 4.69) is 4.29 Å². The molecule has 1 atom stereocenters. The molecule has 2 rings (SSSR count). The topological polar surface area (TPSA) is 46.5 Å². The molecule has 0 spiro atoms. The van der Waals surface area contributed by atoms with Crippen LogP contribution in [0.1, 0.15) is 34.3 Å². The summed E-state index contributed by atoms with van der Waals surface area (Å²) in [6, 6.07) is 14.9. The number of hydrogen-bond donors (Lipinski definition) is 1. The molecule has 0 amide bonds. The van der Waals surface area contributed by atoms with Crippen molar-refractivity contribution in [2.24, 2.45) is 0 Å². The molecule has 0 fully saturated rings. The number of carboxylic acids is 1. The van der Waals surface area contributed by atoms with Gasteiger partial charge in [0, 0.05) is 5.92 Å². The number of benzene rings is 2. The van der Waals surface area contributed by atoms with Gasteiger partial charge in [-0.15, -0.1) is 0 Å². The number of aromatic carboxylic acids is 1. The summed E-state index contributed by atoms with van der Waals surface area (Å²) in [7, 11) is 0. The van der Waals surface area contributed by atoms with E-state index in [1.807, 2.05) is 43.3 Å². The van der Waals surface area contributed by atoms with E-state index >= 15 is 0 Å². The Hall–Kier alpha value is -2.00. The Labute approximate surface area is 116 Å². The quantitative estimate of drug-likeness (QED) is 0.916. The summed E-state index contributed by atoms with van der Waals surface area (Å²) in [6.45, 7) is 2.03. The minimum Gasteiger partial charge on any atom is -0.478 e. The Morgan fingerprint density at radius 2 is 1.84 bits per heavy atom. The zero-order chi connectivity index (χ0) is 13.8. The molecule has 3 nitrogen and oxygen atoms in total. The van der Waals surface area contributed by atoms with Crippen LogP contribution < -0.4 is 4.29 Å². The van der Waals surface area contributed by atoms with Crippen LogP contribution in [0.25, 0.3) is 0 Å². The smallest absolute Gasteiger partial charge is 0.339 e. The second-order valence-electron chi connectivity index (χ2n) is 4.27. The first-order chi connectivity index (χ1) is 9.13. The largest absolute Gasteiger partial charge is 0.478 e. The van der Waals surface area contributed by atoms with Gasteiger partial charge in [-0.3, -0.25) is 0 Å². The maximum absolute atomic E-state index is 11.2. The second-order valence-corrected chi connectivity index (χ2v) is 4.42. The van der Waals surface area contributed by atoms with Gasteiger partial charge in [0.2, 0.25) is 0 Å². The van der Waals surface area contributed by atoms with Crippen LogP contribution in [-0.4, -0.2) is 11.1 Å². The van der Waals surface area contributed by atoms with Gasteiger partial charge in [-0.25, -0.2) is 4.79 Å². The average Bonchev–Trinajstić information content (AvgIpc) is 2.46. The monoisotopic (exact) mass is 276 g/mol. The Morgan fingerprint density at radius 3 is 2.42 bits per heavy atom. The van der Waals surface area contributed by atoms with Gasteiger partial charge in [-0.1, -0.05) is 43.3 Å². The molecule has 0 aliphatic carbocycles. The summed E-state index contributed by atoms with van der Waals surface area (Å²) in [5.41, 5.74) is 2.09. The molecule has 2 aromatic carbocycles. The Morgan fingerprint density at radius 1 is 1.16 bits per heavy atom. The Balaban J connectivity index is 2.41. The summed E-state index contributed by atoms with van der Waals surface area (Å²) in [4.78, 5) is 11.2. The molecule has 0 bridgehead atoms. The van der Waals surface area contributed by atoms with E-state index in [-0.39, 0.29) is 17.2 Å². The number of carboxylic acid groups (broad SMARTS) is 1. The molecule has 0 aliphatic heterocycles. The van der Waals surface area contributed by atoms with Crippen LogP contribution in [0.5, 0.6) is 5.75 Å². The molecule has 2 aromatic rings. The Bertz CT molecular complexity index is 581. The third-order valence-corrected chi connectivity index (χ3v) is 3.28. The van der Waals surface area contributed by atoms with Crippen molar-refractivity contribution in [1.82, 2.24) is 0 Å². The van der Waals surface area contributed by atoms with E-state index in [0.717, 1.165) is 11.1 Å². The summed E-state index contributed by atoms with van der Waals surface area (Å²) >= 11 is 5.26. The minimum absolute atomic E-state index is 0.0651. The molecular weight excluding hydrogens is 264 g/mol. The number of rotatable bonds is 4. The fourth-order valence-corrected chi connectivity index (χ4v) is 2.12. The highest BCUT2D eigenvalue weighted by Gasteiger charge is 2.16. The SMILES string of the molecule is CC(c1ccccc1)c1ccc(OCl)c(C(=O)O)c1. The van der Waals surface area contributed by atoms with E-state index in [1.165, 1.54) is 0 Å². The van der Waals surface area contributed by atoms with Gasteiger partial charge >= 0.3 is 5.97 Å². The fraction of sp³-hybridized carbons (Fsp3) is 0.133. The van der Waals surface area contributed by atoms with Crippen molar-refractivity contribution < 1.29 is 14.2 Å². The maximum atomic E-state index is 11.2. The van der Waals surface area contributed by atoms with Crippen molar-refractivity contribution in [3.05, 3.63) is 65.2 Å². The summed E-state index contributed by atoms with van der Waals surface area (Å²) in [6.07, 6.45) is 0. The van der Waals surface area contributed by atoms with E-state index in [4.69, 9.17) is 17.0 Å². The normalized spacial score (nSPS) is 11.9. The zero-order valence-corrected chi connectivity index (χ0v) is 11.1. The first-order valence-electron chi connectivity index (χ1n) is 5.84. The summed E-state index contributed by atoms with van der Waals surface area (Å²) < 4.78 is 4.54. The highest BCUT2D eigenvalue weighted by molar-refractivity contribution is 6.10. The van der Waals surface area contributed by atoms with Crippen molar-refractivity contribution in [1.29, 1.82) is 0 Å². The van der Waals surface area contributed by atoms with Crippen LogP contribution in [0.4, 0.5) is 0 Å². The first-order valence-corrected chi connectivity index (χ1v) is 6.15. The lowest BCUT2D eigenvalue weighted by Gasteiger charge is -2.14. The van der Waals surface area contributed by atoms with Crippen LogP contribution in [0, 0.1) is 0 Å². The van der Waals surface area contributed by atoms with Gasteiger partial charge in [0.15, 0.2) is 5.75 Å². The minimum atomic E-state index is -1.06. The number of carbonyl (C=O) groups is 1. The van der Waals surface area contributed by atoms with Crippen LogP contribution in [0.2, 0.25) is 0 Å². The standard InChI is InChI=1S/C15H13ClO3/c1-10(11-5-3-2-4-6-11)12-7-8-14(19-16)13(9-12)15(17)18/h2-10H,1H3,(H,17,18). The third kappa shape index (κ3) is 2.88. The highest BCUT2D eigenvalue weighted by atomic mass is 35.5. The maximum Gasteiger partial charge on any atom is 0.339 e. The highest BCUT2D eigenvalue weighted by Crippen LogP contribution is 2.29. The van der Waals surface area contributed by atoms with Crippen LogP contribution in [0.15, 0.2) is 48.5 Å². The van der Waals surface area contributed by atoms with E-state index < -0.39 is 5.97 Å². The number of hydrogen-bond acceptors (Lipinski definition) is 2. The molecule has 98 valence electrons. The van der Waals surface area contributed by atoms with E-state index in [0.29, 0.717) is 0 Å². The van der Waals surface area contributed by atoms with Crippen molar-refractivity contribution in [3.63, 3.8) is 0 Å². The predicted molar refractivity (Wildman–Crippen MR) is 73.8 cm³/mol. The van der Waals surface area contributed by atoms with E-state index in [1.54, 1.807) is 12.1 Å². The van der Waals surface area contributed by atoms with Gasteiger partial charge in [0.05, 0.1) is 0 Å². The molecule has 0 saturated carbocycles. The molecule has 0 heterocycles. The van der Waals surface area contributed by atoms with Crippen molar-refractivity contribution in [2.45, 2.75) is 12.8 Å². The lowest BCUT2D eigenvalue weighted by Crippen LogP contribution is -2.02. The van der Waals surface area contributed by atoms with Gasteiger partial charge in [0.25, 0.3) is 0 Å². The second kappa shape index (κ2) is 5.76. The molecule has 1 unspecified atom stereocenters. The fourth-order valence-electron chi connectivity index (χ4n) is 1.99. The predicted octanol–water partition coefficient (Wildman–Crippen LogP) is 4.07. The van der Waals surface area contributed by atoms with Crippen molar-refractivity contribution >= 4 is 17.8 Å². The van der Waals surface area contributed by atoms with Crippen LogP contribution >= 0.6 is 11.9 Å². The molecule has 0 aromatic heterocycles. The lowest BCUT2D eigenvalue weighted by molar-refractivity contribution is 0.0695. The average molecular weight is 277 g/mol. The van der Waals surface area contributed by atoms with E-state index in [9.17, 15) is 4.79 Å². The lowest BCUT2D eigenvalue weighted by atomic mass is 9.92. The van der Waals surface area contributed by atoms with Crippen molar-refractivity contribution in [3.8, 4) is 5.75 Å². The molecular formula is C15H13ClO3. The van der Waals surface area contributed by atoms with Gasteiger partial charge in [-0.2, -0.15) is 0 Å². The van der Waals surface area contributed by atoms with Gasteiger partial charge in [0.1, 0.15) is 17.4 Å². The van der Waals surface area contributed by atoms with Gasteiger partial charge in [-0.05, 0) is 23.3 Å². The third-order valence-electron chi connectivity index (χ3n) is 3.12. The molecule has 0 aliphatic rings. The summed E-state index contributed by atoms with van der Waals surface area (Å²) in [5, 5.41) is 9.13. The zero-order valence-electron chi connectivity index (χ0n) is 10.3. The van der Waals surface area contributed by atoms with Gasteiger partial charge < -0.3 is 9.40 Å². The number of halogens is 1.